The van der Waals surface area contributed by atoms with Gasteiger partial charge in [0, 0.05) is 31.6 Å². The summed E-state index contributed by atoms with van der Waals surface area (Å²) in [6, 6.07) is 1.40. The molecule has 0 aliphatic carbocycles. The molecule has 0 amide bonds. The van der Waals surface area contributed by atoms with Crippen molar-refractivity contribution < 1.29 is 19.1 Å². The molecule has 1 N–H and O–H groups in total. The highest BCUT2D eigenvalue weighted by Gasteiger charge is 2.14. The van der Waals surface area contributed by atoms with Gasteiger partial charge < -0.3 is 18.9 Å². The Hall–Kier alpha value is -2.42. The summed E-state index contributed by atoms with van der Waals surface area (Å²) in [6.07, 6.45) is 40.0. The molecule has 0 bridgehead atoms. The molecular weight excluding hydrogens is 727 g/mol. The van der Waals surface area contributed by atoms with Crippen LogP contribution in [0.4, 0.5) is 0 Å². The monoisotopic (exact) mass is 818 g/mol. The van der Waals surface area contributed by atoms with Crippen molar-refractivity contribution in [3.63, 3.8) is 0 Å². The molecule has 0 fully saturated rings. The molecule has 0 saturated carbocycles. The van der Waals surface area contributed by atoms with Crippen molar-refractivity contribution in [3.05, 3.63) is 33.1 Å². The molecule has 9 nitrogen and oxygen atoms in total. The number of carbonyl (C=O) groups excluding carboxylic acids is 2. The molecule has 338 valence electrons. The fourth-order valence-corrected chi connectivity index (χ4v) is 7.82. The van der Waals surface area contributed by atoms with Gasteiger partial charge in [0.2, 0.25) is 0 Å². The number of esters is 2. The van der Waals surface area contributed by atoms with Crippen LogP contribution in [0.2, 0.25) is 0 Å². The Morgan fingerprint density at radius 2 is 0.983 bits per heavy atom. The number of aryl methyl sites for hydroxylation is 1. The van der Waals surface area contributed by atoms with Gasteiger partial charge in [0.05, 0.1) is 6.61 Å². The third-order valence-corrected chi connectivity index (χ3v) is 11.5. The highest BCUT2D eigenvalue weighted by molar-refractivity contribution is 5.69. The molecule has 9 heteroatoms. The standard InChI is InChI=1S/C49H91N3O6/c1-4-7-10-13-16-25-32-44-57-47(54)36-28-21-17-23-30-39-51(41-33-42-52-43-38-46(53)50-49(52)56)40-31-24-18-22-29-37-48(55)58-45(34-26-19-14-11-8-5-2)35-27-20-15-12-9-6-3/h38,43,45H,4-37,39-42,44H2,1-3H3,(H,50,53,56). The lowest BCUT2D eigenvalue weighted by Gasteiger charge is -2.22. The van der Waals surface area contributed by atoms with E-state index in [-0.39, 0.29) is 29.3 Å². The van der Waals surface area contributed by atoms with Gasteiger partial charge in [-0.1, -0.05) is 162 Å². The van der Waals surface area contributed by atoms with E-state index in [9.17, 15) is 19.2 Å². The second-order valence-electron chi connectivity index (χ2n) is 17.1. The molecule has 1 heterocycles. The number of carbonyl (C=O) groups is 2. The Bertz CT molecular complexity index is 1180. The van der Waals surface area contributed by atoms with Gasteiger partial charge in [0.25, 0.3) is 5.56 Å². The van der Waals surface area contributed by atoms with Crippen molar-refractivity contribution in [1.82, 2.24) is 14.5 Å². The Balaban J connectivity index is 2.35. The highest BCUT2D eigenvalue weighted by Crippen LogP contribution is 2.19. The van der Waals surface area contributed by atoms with Crippen LogP contribution in [0.15, 0.2) is 21.9 Å². The van der Waals surface area contributed by atoms with Gasteiger partial charge in [0.15, 0.2) is 0 Å². The zero-order valence-corrected chi connectivity index (χ0v) is 38.2. The average Bonchev–Trinajstić information content (AvgIpc) is 3.21. The summed E-state index contributed by atoms with van der Waals surface area (Å²) >= 11 is 0. The maximum absolute atomic E-state index is 12.8. The third kappa shape index (κ3) is 33.4. The van der Waals surface area contributed by atoms with E-state index < -0.39 is 0 Å². The molecule has 0 unspecified atom stereocenters. The van der Waals surface area contributed by atoms with Gasteiger partial charge in [0.1, 0.15) is 6.10 Å². The Morgan fingerprint density at radius 3 is 1.50 bits per heavy atom. The van der Waals surface area contributed by atoms with Gasteiger partial charge in [-0.15, -0.1) is 0 Å². The highest BCUT2D eigenvalue weighted by atomic mass is 16.5. The van der Waals surface area contributed by atoms with Crippen LogP contribution in [0.1, 0.15) is 239 Å². The normalized spacial score (nSPS) is 11.5. The second-order valence-corrected chi connectivity index (χ2v) is 17.1. The van der Waals surface area contributed by atoms with Crippen LogP contribution >= 0.6 is 0 Å². The largest absolute Gasteiger partial charge is 0.466 e. The minimum Gasteiger partial charge on any atom is -0.466 e. The first kappa shape index (κ1) is 53.6. The minimum absolute atomic E-state index is 0.00604. The second kappa shape index (κ2) is 40.0. The summed E-state index contributed by atoms with van der Waals surface area (Å²) < 4.78 is 13.1. The lowest BCUT2D eigenvalue weighted by Crippen LogP contribution is -2.31. The Labute approximate surface area is 355 Å². The summed E-state index contributed by atoms with van der Waals surface area (Å²) in [5.41, 5.74) is -0.716. The summed E-state index contributed by atoms with van der Waals surface area (Å²) in [6.45, 7) is 10.8. The lowest BCUT2D eigenvalue weighted by atomic mass is 10.0. The molecule has 0 aliphatic rings. The van der Waals surface area contributed by atoms with Gasteiger partial charge in [-0.25, -0.2) is 4.79 Å². The van der Waals surface area contributed by atoms with Crippen LogP contribution in [0.5, 0.6) is 0 Å². The van der Waals surface area contributed by atoms with E-state index in [1.165, 1.54) is 102 Å². The van der Waals surface area contributed by atoms with E-state index in [4.69, 9.17) is 9.47 Å². The molecule has 0 aromatic carbocycles. The first-order valence-corrected chi connectivity index (χ1v) is 24.8. The molecule has 1 aromatic heterocycles. The number of hydrogen-bond donors (Lipinski definition) is 1. The Kier molecular flexibility index (Phi) is 37.0. The van der Waals surface area contributed by atoms with Crippen LogP contribution < -0.4 is 11.2 Å². The van der Waals surface area contributed by atoms with Gasteiger partial charge in [-0.2, -0.15) is 0 Å². The molecule has 1 aromatic rings. The van der Waals surface area contributed by atoms with Crippen molar-refractivity contribution >= 4 is 11.9 Å². The van der Waals surface area contributed by atoms with E-state index in [0.29, 0.717) is 26.0 Å². The van der Waals surface area contributed by atoms with Crippen molar-refractivity contribution in [3.8, 4) is 0 Å². The van der Waals surface area contributed by atoms with E-state index in [1.807, 2.05) is 0 Å². The zero-order valence-electron chi connectivity index (χ0n) is 38.2. The molecule has 58 heavy (non-hydrogen) atoms. The molecule has 0 atom stereocenters. The van der Waals surface area contributed by atoms with Crippen molar-refractivity contribution in [1.29, 1.82) is 0 Å². The maximum atomic E-state index is 12.8. The fourth-order valence-electron chi connectivity index (χ4n) is 7.82. The van der Waals surface area contributed by atoms with Crippen molar-refractivity contribution in [2.45, 2.75) is 252 Å². The number of unbranched alkanes of at least 4 members (excludes halogenated alkanes) is 24. The van der Waals surface area contributed by atoms with Gasteiger partial charge >= 0.3 is 17.6 Å². The summed E-state index contributed by atoms with van der Waals surface area (Å²) in [7, 11) is 0. The van der Waals surface area contributed by atoms with Crippen LogP contribution in [-0.2, 0) is 25.6 Å². The molecular formula is C49H91N3O6. The predicted octanol–water partition coefficient (Wildman–Crippen LogP) is 12.6. The lowest BCUT2D eigenvalue weighted by molar-refractivity contribution is -0.150. The number of aromatic amines is 1. The van der Waals surface area contributed by atoms with E-state index >= 15 is 0 Å². The van der Waals surface area contributed by atoms with Crippen molar-refractivity contribution in [2.75, 3.05) is 26.2 Å². The fraction of sp³-hybridized carbons (Fsp3) is 0.878. The minimum atomic E-state index is -0.364. The van der Waals surface area contributed by atoms with Gasteiger partial charge in [-0.3, -0.25) is 19.4 Å². The van der Waals surface area contributed by atoms with E-state index in [1.54, 1.807) is 10.8 Å². The van der Waals surface area contributed by atoms with E-state index in [2.05, 4.69) is 30.7 Å². The van der Waals surface area contributed by atoms with Crippen molar-refractivity contribution in [2.24, 2.45) is 0 Å². The van der Waals surface area contributed by atoms with E-state index in [0.717, 1.165) is 129 Å². The molecule has 0 aliphatic heterocycles. The van der Waals surface area contributed by atoms with Crippen LogP contribution in [0.25, 0.3) is 0 Å². The first-order chi connectivity index (χ1) is 28.4. The number of rotatable bonds is 43. The molecule has 0 radical (unpaired) electrons. The third-order valence-electron chi connectivity index (χ3n) is 11.5. The van der Waals surface area contributed by atoms with Crippen LogP contribution in [-0.4, -0.2) is 58.7 Å². The number of nitrogens with one attached hydrogen (secondary N) is 1. The first-order valence-electron chi connectivity index (χ1n) is 24.8. The zero-order chi connectivity index (χ0) is 42.2. The number of H-pyrrole nitrogens is 1. The predicted molar refractivity (Wildman–Crippen MR) is 243 cm³/mol. The van der Waals surface area contributed by atoms with Gasteiger partial charge in [-0.05, 0) is 83.8 Å². The molecule has 0 spiro atoms. The number of hydrogen-bond acceptors (Lipinski definition) is 7. The smallest absolute Gasteiger partial charge is 0.328 e. The average molecular weight is 818 g/mol. The number of nitrogens with zero attached hydrogens (tertiary/aromatic N) is 2. The summed E-state index contributed by atoms with van der Waals surface area (Å²) in [4.78, 5) is 53.5. The number of ether oxygens (including phenoxy) is 2. The van der Waals surface area contributed by atoms with Crippen LogP contribution in [0, 0.1) is 0 Å². The number of aromatic nitrogens is 2. The molecule has 1 rings (SSSR count). The summed E-state index contributed by atoms with van der Waals surface area (Å²) in [5, 5.41) is 0. The maximum Gasteiger partial charge on any atom is 0.328 e. The quantitative estimate of drug-likeness (QED) is 0.0516. The Morgan fingerprint density at radius 1 is 0.552 bits per heavy atom. The summed E-state index contributed by atoms with van der Waals surface area (Å²) in [5.74, 6) is -0.0570. The molecule has 0 saturated heterocycles. The SMILES string of the molecule is CCCCCCCCCOC(=O)CCCCCCCN(CCCCCCCC(=O)OC(CCCCCCCC)CCCCCCCC)CCCn1ccc(=O)[nH]c1=O. The topological polar surface area (TPSA) is 111 Å². The van der Waals surface area contributed by atoms with Crippen LogP contribution in [0.3, 0.4) is 0 Å².